The lowest BCUT2D eigenvalue weighted by Crippen LogP contribution is -2.30. The molecule has 1 heterocycles. The Hall–Kier alpha value is -0.0800. The Morgan fingerprint density at radius 2 is 2.00 bits per heavy atom. The second-order valence-electron chi connectivity index (χ2n) is 3.42. The average Bonchev–Trinajstić information content (AvgIpc) is 2.52. The predicted molar refractivity (Wildman–Crippen MR) is 49.0 cm³/mol. The van der Waals surface area contributed by atoms with E-state index in [-0.39, 0.29) is 0 Å². The van der Waals surface area contributed by atoms with Crippen molar-refractivity contribution < 1.29 is 0 Å². The van der Waals surface area contributed by atoms with Crippen LogP contribution in [-0.4, -0.2) is 37.6 Å². The monoisotopic (exact) mass is 155 g/mol. The van der Waals surface area contributed by atoms with Gasteiger partial charge in [0.1, 0.15) is 0 Å². The quantitative estimate of drug-likeness (QED) is 0.606. The van der Waals surface area contributed by atoms with Crippen LogP contribution >= 0.6 is 0 Å². The summed E-state index contributed by atoms with van der Waals surface area (Å²) >= 11 is 0. The number of nitrogens with zero attached hydrogens (tertiary/aromatic N) is 2. The van der Waals surface area contributed by atoms with Gasteiger partial charge in [0, 0.05) is 6.04 Å². The molecule has 2 heteroatoms. The van der Waals surface area contributed by atoms with Gasteiger partial charge in [0.05, 0.1) is 0 Å². The first kappa shape index (κ1) is 9.01. The Balaban J connectivity index is 2.12. The van der Waals surface area contributed by atoms with E-state index < -0.39 is 0 Å². The van der Waals surface area contributed by atoms with Crippen molar-refractivity contribution in [3.63, 3.8) is 0 Å². The predicted octanol–water partition coefficient (Wildman–Crippen LogP) is 1.86. The number of rotatable bonds is 4. The average molecular weight is 155 g/mol. The van der Waals surface area contributed by atoms with Crippen LogP contribution in [0.1, 0.15) is 26.2 Å². The van der Waals surface area contributed by atoms with E-state index in [1.165, 1.54) is 32.4 Å². The summed E-state index contributed by atoms with van der Waals surface area (Å²) in [4.78, 5) is 2.57. The van der Waals surface area contributed by atoms with Crippen molar-refractivity contribution in [2.45, 2.75) is 32.2 Å². The minimum absolute atomic E-state index is 0.751. The molecule has 2 nitrogen and oxygen atoms in total. The van der Waals surface area contributed by atoms with Crippen molar-refractivity contribution in [2.75, 3.05) is 26.7 Å². The van der Waals surface area contributed by atoms with E-state index in [1.54, 1.807) is 0 Å². The Labute approximate surface area is 70.0 Å². The molecule has 1 unspecified atom stereocenters. The molecule has 0 aliphatic carbocycles. The topological polar surface area (TPSA) is 17.3 Å². The largest absolute Gasteiger partial charge is 0.665 e. The van der Waals surface area contributed by atoms with Crippen molar-refractivity contribution in [1.82, 2.24) is 4.90 Å². The summed E-state index contributed by atoms with van der Waals surface area (Å²) in [6.45, 7) is 5.96. The van der Waals surface area contributed by atoms with E-state index in [9.17, 15) is 0 Å². The van der Waals surface area contributed by atoms with Crippen LogP contribution in [0.4, 0.5) is 0 Å². The summed E-state index contributed by atoms with van der Waals surface area (Å²) in [7, 11) is 1.90. The highest BCUT2D eigenvalue weighted by Crippen LogP contribution is 2.13. The molecule has 66 valence electrons. The van der Waals surface area contributed by atoms with Gasteiger partial charge in [-0.1, -0.05) is 6.42 Å². The van der Waals surface area contributed by atoms with Crippen LogP contribution in [0, 0.1) is 0 Å². The minimum atomic E-state index is 0.751. The van der Waals surface area contributed by atoms with Gasteiger partial charge in [-0.3, -0.25) is 0 Å². The van der Waals surface area contributed by atoms with Gasteiger partial charge in [-0.15, -0.1) is 6.54 Å². The molecule has 1 atom stereocenters. The zero-order chi connectivity index (χ0) is 8.10. The molecule has 0 amide bonds. The second kappa shape index (κ2) is 4.73. The zero-order valence-electron chi connectivity index (χ0n) is 7.71. The van der Waals surface area contributed by atoms with Gasteiger partial charge in [-0.05, 0) is 32.9 Å². The molecule has 0 saturated carbocycles. The lowest BCUT2D eigenvalue weighted by atomic mass is 10.2. The van der Waals surface area contributed by atoms with Crippen LogP contribution in [0.2, 0.25) is 0 Å². The summed E-state index contributed by atoms with van der Waals surface area (Å²) in [5.74, 6) is 0. The highest BCUT2D eigenvalue weighted by Gasteiger charge is 2.15. The van der Waals surface area contributed by atoms with Crippen LogP contribution in [-0.2, 0) is 0 Å². The third kappa shape index (κ3) is 2.80. The van der Waals surface area contributed by atoms with Crippen molar-refractivity contribution in [1.29, 1.82) is 0 Å². The lowest BCUT2D eigenvalue weighted by molar-refractivity contribution is 0.251. The van der Waals surface area contributed by atoms with E-state index in [0.717, 1.165) is 12.6 Å². The van der Waals surface area contributed by atoms with Gasteiger partial charge in [0.2, 0.25) is 0 Å². The third-order valence-corrected chi connectivity index (χ3v) is 2.53. The normalized spacial score (nSPS) is 22.4. The Morgan fingerprint density at radius 1 is 1.36 bits per heavy atom. The standard InChI is InChI=1S/C9H19N2/c1-9(5-6-10-2)11-7-3-4-8-11/h9H,3-8H2,1-2H3/q-1. The zero-order valence-corrected chi connectivity index (χ0v) is 7.71. The highest BCUT2D eigenvalue weighted by molar-refractivity contribution is 4.78. The maximum Gasteiger partial charge on any atom is 0.00505 e. The van der Waals surface area contributed by atoms with Crippen molar-refractivity contribution in [3.05, 3.63) is 5.32 Å². The molecule has 0 aromatic rings. The number of hydrogen-bond donors (Lipinski definition) is 0. The maximum atomic E-state index is 4.12. The third-order valence-electron chi connectivity index (χ3n) is 2.53. The lowest BCUT2D eigenvalue weighted by Gasteiger charge is -2.25. The molecule has 1 aliphatic rings. The van der Waals surface area contributed by atoms with Gasteiger partial charge in [0.15, 0.2) is 0 Å². The van der Waals surface area contributed by atoms with Crippen LogP contribution in [0.25, 0.3) is 5.32 Å². The molecule has 1 rings (SSSR count). The van der Waals surface area contributed by atoms with E-state index in [2.05, 4.69) is 17.1 Å². The Kier molecular flexibility index (Phi) is 3.87. The minimum Gasteiger partial charge on any atom is -0.665 e. The first-order valence-electron chi connectivity index (χ1n) is 4.64. The van der Waals surface area contributed by atoms with Gasteiger partial charge < -0.3 is 10.2 Å². The SMILES string of the molecule is C[N-]CCC(C)N1CCCC1. The van der Waals surface area contributed by atoms with Crippen LogP contribution < -0.4 is 0 Å². The van der Waals surface area contributed by atoms with Crippen molar-refractivity contribution in [2.24, 2.45) is 0 Å². The molecule has 1 fully saturated rings. The van der Waals surface area contributed by atoms with Gasteiger partial charge in [-0.25, -0.2) is 0 Å². The summed E-state index contributed by atoms with van der Waals surface area (Å²) < 4.78 is 0. The summed E-state index contributed by atoms with van der Waals surface area (Å²) in [5, 5.41) is 4.12. The highest BCUT2D eigenvalue weighted by atomic mass is 15.2. The number of likely N-dealkylation sites (tertiary alicyclic amines) is 1. The fourth-order valence-electron chi connectivity index (χ4n) is 1.68. The smallest absolute Gasteiger partial charge is 0.00505 e. The van der Waals surface area contributed by atoms with Crippen LogP contribution in [0.5, 0.6) is 0 Å². The Bertz CT molecular complexity index is 97.7. The first-order chi connectivity index (χ1) is 5.34. The Morgan fingerprint density at radius 3 is 2.55 bits per heavy atom. The van der Waals surface area contributed by atoms with E-state index in [4.69, 9.17) is 0 Å². The number of hydrogen-bond acceptors (Lipinski definition) is 1. The van der Waals surface area contributed by atoms with Crippen LogP contribution in [0.3, 0.4) is 0 Å². The molecule has 0 bridgehead atoms. The molecule has 0 radical (unpaired) electrons. The maximum absolute atomic E-state index is 4.12. The second-order valence-corrected chi connectivity index (χ2v) is 3.42. The molecule has 0 N–H and O–H groups in total. The summed E-state index contributed by atoms with van der Waals surface area (Å²) in [5.41, 5.74) is 0. The molecular formula is C9H19N2-. The molecular weight excluding hydrogens is 136 g/mol. The molecule has 11 heavy (non-hydrogen) atoms. The van der Waals surface area contributed by atoms with Gasteiger partial charge >= 0.3 is 0 Å². The molecule has 1 saturated heterocycles. The van der Waals surface area contributed by atoms with E-state index in [1.807, 2.05) is 7.05 Å². The van der Waals surface area contributed by atoms with Gasteiger partial charge in [0.25, 0.3) is 0 Å². The molecule has 0 spiro atoms. The van der Waals surface area contributed by atoms with E-state index in [0.29, 0.717) is 0 Å². The van der Waals surface area contributed by atoms with Crippen LogP contribution in [0.15, 0.2) is 0 Å². The summed E-state index contributed by atoms with van der Waals surface area (Å²) in [6, 6.07) is 0.751. The van der Waals surface area contributed by atoms with Crippen molar-refractivity contribution >= 4 is 0 Å². The fraction of sp³-hybridized carbons (Fsp3) is 1.00. The molecule has 0 aromatic carbocycles. The first-order valence-corrected chi connectivity index (χ1v) is 4.64. The van der Waals surface area contributed by atoms with Crippen molar-refractivity contribution in [3.8, 4) is 0 Å². The fourth-order valence-corrected chi connectivity index (χ4v) is 1.68. The summed E-state index contributed by atoms with van der Waals surface area (Å²) in [6.07, 6.45) is 4.03. The van der Waals surface area contributed by atoms with E-state index >= 15 is 0 Å². The molecule has 0 aromatic heterocycles. The van der Waals surface area contributed by atoms with Gasteiger partial charge in [-0.2, -0.15) is 7.05 Å². The molecule has 1 aliphatic heterocycles.